The number of ether oxygens (including phenoxy) is 1. The maximum atomic E-state index is 11.3. The highest BCUT2D eigenvalue weighted by Gasteiger charge is 2.07. The SMILES string of the molecule is COC(=O)CCCNC(=O)c1ncn[nH]1. The fraction of sp³-hybridized carbons (Fsp3) is 0.500. The molecule has 0 saturated heterocycles. The summed E-state index contributed by atoms with van der Waals surface area (Å²) in [5.74, 6) is -0.464. The van der Waals surface area contributed by atoms with E-state index in [2.05, 4.69) is 25.2 Å². The van der Waals surface area contributed by atoms with E-state index in [1.807, 2.05) is 0 Å². The minimum Gasteiger partial charge on any atom is -0.469 e. The van der Waals surface area contributed by atoms with Crippen molar-refractivity contribution in [2.45, 2.75) is 12.8 Å². The van der Waals surface area contributed by atoms with Crippen LogP contribution in [-0.4, -0.2) is 40.7 Å². The summed E-state index contributed by atoms with van der Waals surface area (Å²) >= 11 is 0. The fourth-order valence-electron chi connectivity index (χ4n) is 0.935. The zero-order valence-electron chi connectivity index (χ0n) is 8.32. The van der Waals surface area contributed by atoms with E-state index in [-0.39, 0.29) is 24.1 Å². The maximum Gasteiger partial charge on any atom is 0.305 e. The molecule has 7 heteroatoms. The Morgan fingerprint density at radius 2 is 2.40 bits per heavy atom. The maximum absolute atomic E-state index is 11.3. The molecule has 0 fully saturated rings. The summed E-state index contributed by atoms with van der Waals surface area (Å²) in [6.45, 7) is 0.397. The van der Waals surface area contributed by atoms with Crippen molar-refractivity contribution in [1.29, 1.82) is 0 Å². The predicted molar refractivity (Wildman–Crippen MR) is 50.0 cm³/mol. The minimum atomic E-state index is -0.336. The summed E-state index contributed by atoms with van der Waals surface area (Å²) < 4.78 is 4.45. The average molecular weight is 212 g/mol. The van der Waals surface area contributed by atoms with E-state index in [9.17, 15) is 9.59 Å². The van der Waals surface area contributed by atoms with Gasteiger partial charge in [0.1, 0.15) is 6.33 Å². The third-order valence-corrected chi connectivity index (χ3v) is 1.70. The normalized spacial score (nSPS) is 9.67. The second-order valence-electron chi connectivity index (χ2n) is 2.77. The number of rotatable bonds is 5. The second kappa shape index (κ2) is 5.74. The van der Waals surface area contributed by atoms with Crippen molar-refractivity contribution in [1.82, 2.24) is 20.5 Å². The van der Waals surface area contributed by atoms with Gasteiger partial charge in [-0.2, -0.15) is 5.10 Å². The lowest BCUT2D eigenvalue weighted by Gasteiger charge is -2.01. The molecule has 1 rings (SSSR count). The first-order valence-corrected chi connectivity index (χ1v) is 4.44. The van der Waals surface area contributed by atoms with Crippen LogP contribution in [0.1, 0.15) is 23.5 Å². The number of hydrogen-bond acceptors (Lipinski definition) is 5. The molecule has 0 aliphatic heterocycles. The van der Waals surface area contributed by atoms with E-state index < -0.39 is 0 Å². The predicted octanol–water partition coefficient (Wildman–Crippen LogP) is -0.512. The van der Waals surface area contributed by atoms with Crippen molar-refractivity contribution >= 4 is 11.9 Å². The summed E-state index contributed by atoms with van der Waals surface area (Å²) in [6, 6.07) is 0. The molecule has 0 bridgehead atoms. The summed E-state index contributed by atoms with van der Waals surface area (Å²) in [7, 11) is 1.33. The van der Waals surface area contributed by atoms with Gasteiger partial charge in [0.2, 0.25) is 5.82 Å². The lowest BCUT2D eigenvalue weighted by Crippen LogP contribution is -2.26. The highest BCUT2D eigenvalue weighted by atomic mass is 16.5. The molecule has 0 spiro atoms. The van der Waals surface area contributed by atoms with Gasteiger partial charge in [-0.1, -0.05) is 0 Å². The lowest BCUT2D eigenvalue weighted by atomic mass is 10.3. The molecule has 1 heterocycles. The quantitative estimate of drug-likeness (QED) is 0.506. The molecule has 7 nitrogen and oxygen atoms in total. The Kier molecular flexibility index (Phi) is 4.27. The van der Waals surface area contributed by atoms with Crippen LogP contribution in [0.5, 0.6) is 0 Å². The fourth-order valence-corrected chi connectivity index (χ4v) is 0.935. The first kappa shape index (κ1) is 11.2. The standard InChI is InChI=1S/C8H12N4O3/c1-15-6(13)3-2-4-9-8(14)7-10-5-11-12-7/h5H,2-4H2,1H3,(H,9,14)(H,10,11,12). The molecular formula is C8H12N4O3. The number of hydrogen-bond donors (Lipinski definition) is 2. The van der Waals surface area contributed by atoms with Crippen LogP contribution in [0, 0.1) is 0 Å². The van der Waals surface area contributed by atoms with Crippen LogP contribution in [0.2, 0.25) is 0 Å². The van der Waals surface area contributed by atoms with Crippen LogP contribution < -0.4 is 5.32 Å². The van der Waals surface area contributed by atoms with Crippen LogP contribution in [0.4, 0.5) is 0 Å². The Balaban J connectivity index is 2.16. The summed E-state index contributed by atoms with van der Waals surface area (Å²) in [6.07, 6.45) is 2.07. The van der Waals surface area contributed by atoms with Gasteiger partial charge in [-0.25, -0.2) is 4.98 Å². The lowest BCUT2D eigenvalue weighted by molar-refractivity contribution is -0.140. The molecule has 1 amide bonds. The van der Waals surface area contributed by atoms with Crippen LogP contribution in [0.25, 0.3) is 0 Å². The number of esters is 1. The number of nitrogens with one attached hydrogen (secondary N) is 2. The van der Waals surface area contributed by atoms with E-state index >= 15 is 0 Å². The molecule has 0 saturated carbocycles. The van der Waals surface area contributed by atoms with Crippen molar-refractivity contribution in [3.05, 3.63) is 12.2 Å². The number of aromatic nitrogens is 3. The number of H-pyrrole nitrogens is 1. The topological polar surface area (TPSA) is 97.0 Å². The summed E-state index contributed by atoms with van der Waals surface area (Å²) in [5, 5.41) is 8.56. The van der Waals surface area contributed by atoms with E-state index in [0.717, 1.165) is 0 Å². The zero-order valence-corrected chi connectivity index (χ0v) is 8.32. The van der Waals surface area contributed by atoms with Gasteiger partial charge in [-0.05, 0) is 6.42 Å². The third-order valence-electron chi connectivity index (χ3n) is 1.70. The van der Waals surface area contributed by atoms with Crippen molar-refractivity contribution in [2.24, 2.45) is 0 Å². The Morgan fingerprint density at radius 1 is 1.60 bits per heavy atom. The van der Waals surface area contributed by atoms with Gasteiger partial charge in [0.05, 0.1) is 7.11 Å². The van der Waals surface area contributed by atoms with E-state index in [4.69, 9.17) is 0 Å². The number of carbonyl (C=O) groups excluding carboxylic acids is 2. The molecule has 2 N–H and O–H groups in total. The van der Waals surface area contributed by atoms with Crippen LogP contribution in [-0.2, 0) is 9.53 Å². The Hall–Kier alpha value is -1.92. The van der Waals surface area contributed by atoms with Gasteiger partial charge >= 0.3 is 5.97 Å². The third kappa shape index (κ3) is 3.75. The zero-order chi connectivity index (χ0) is 11.1. The number of methoxy groups -OCH3 is 1. The minimum absolute atomic E-state index is 0.160. The van der Waals surface area contributed by atoms with E-state index in [1.165, 1.54) is 13.4 Å². The van der Waals surface area contributed by atoms with Gasteiger partial charge in [0.25, 0.3) is 5.91 Å². The second-order valence-corrected chi connectivity index (χ2v) is 2.77. The van der Waals surface area contributed by atoms with E-state index in [1.54, 1.807) is 0 Å². The van der Waals surface area contributed by atoms with Crippen LogP contribution >= 0.6 is 0 Å². The Morgan fingerprint density at radius 3 is 3.00 bits per heavy atom. The number of aromatic amines is 1. The number of amides is 1. The van der Waals surface area contributed by atoms with Crippen molar-refractivity contribution in [2.75, 3.05) is 13.7 Å². The van der Waals surface area contributed by atoms with Crippen molar-refractivity contribution in [3.8, 4) is 0 Å². The molecule has 0 aliphatic carbocycles. The van der Waals surface area contributed by atoms with Gasteiger partial charge in [-0.15, -0.1) is 0 Å². The summed E-state index contributed by atoms with van der Waals surface area (Å²) in [4.78, 5) is 25.7. The average Bonchev–Trinajstić information content (AvgIpc) is 2.77. The Labute approximate surface area is 86.2 Å². The number of carbonyl (C=O) groups is 2. The smallest absolute Gasteiger partial charge is 0.305 e. The van der Waals surface area contributed by atoms with Crippen molar-refractivity contribution in [3.63, 3.8) is 0 Å². The highest BCUT2D eigenvalue weighted by Crippen LogP contribution is 1.91. The van der Waals surface area contributed by atoms with E-state index in [0.29, 0.717) is 13.0 Å². The molecule has 0 atom stereocenters. The van der Waals surface area contributed by atoms with Crippen LogP contribution in [0.3, 0.4) is 0 Å². The molecule has 0 aliphatic rings. The highest BCUT2D eigenvalue weighted by molar-refractivity contribution is 5.90. The molecule has 15 heavy (non-hydrogen) atoms. The molecule has 82 valence electrons. The monoisotopic (exact) mass is 212 g/mol. The molecule has 0 unspecified atom stereocenters. The molecule has 1 aromatic rings. The Bertz CT molecular complexity index is 323. The van der Waals surface area contributed by atoms with Crippen LogP contribution in [0.15, 0.2) is 6.33 Å². The largest absolute Gasteiger partial charge is 0.469 e. The van der Waals surface area contributed by atoms with Gasteiger partial charge in [0, 0.05) is 13.0 Å². The summed E-state index contributed by atoms with van der Waals surface area (Å²) in [5.41, 5.74) is 0. The van der Waals surface area contributed by atoms with Gasteiger partial charge in [-0.3, -0.25) is 14.7 Å². The molecular weight excluding hydrogens is 200 g/mol. The van der Waals surface area contributed by atoms with Gasteiger partial charge in [0.15, 0.2) is 0 Å². The first-order chi connectivity index (χ1) is 7.24. The molecule has 1 aromatic heterocycles. The van der Waals surface area contributed by atoms with Crippen molar-refractivity contribution < 1.29 is 14.3 Å². The number of nitrogens with zero attached hydrogens (tertiary/aromatic N) is 2. The first-order valence-electron chi connectivity index (χ1n) is 4.44. The molecule has 0 radical (unpaired) electrons. The van der Waals surface area contributed by atoms with Gasteiger partial charge < -0.3 is 10.1 Å². The molecule has 0 aromatic carbocycles.